The fraction of sp³-hybridized carbons (Fsp3) is 0.250. The van der Waals surface area contributed by atoms with Crippen molar-refractivity contribution in [1.82, 2.24) is 0 Å². The maximum absolute atomic E-state index is 12.9. The van der Waals surface area contributed by atoms with Crippen molar-refractivity contribution in [3.8, 4) is 0 Å². The Labute approximate surface area is 92.8 Å². The van der Waals surface area contributed by atoms with Gasteiger partial charge in [-0.1, -0.05) is 23.2 Å². The molecule has 0 radical (unpaired) electrons. The van der Waals surface area contributed by atoms with Crippen molar-refractivity contribution in [3.63, 3.8) is 0 Å². The predicted octanol–water partition coefficient (Wildman–Crippen LogP) is 3.69. The molecule has 0 saturated heterocycles. The van der Waals surface area contributed by atoms with Crippen LogP contribution in [0, 0.1) is 5.82 Å². The molecule has 0 aliphatic carbocycles. The van der Waals surface area contributed by atoms with Crippen molar-refractivity contribution in [1.29, 1.82) is 0 Å². The normalized spacial score (nSPS) is 14.1. The van der Waals surface area contributed by atoms with Gasteiger partial charge in [0.2, 0.25) is 0 Å². The quantitative estimate of drug-likeness (QED) is 0.606. The molecule has 1 aromatic rings. The Morgan fingerprint density at radius 2 is 1.73 bits per heavy atom. The van der Waals surface area contributed by atoms with Crippen molar-refractivity contribution in [2.24, 2.45) is 5.73 Å². The highest BCUT2D eigenvalue weighted by molar-refractivity contribution is 6.42. The van der Waals surface area contributed by atoms with E-state index in [-0.39, 0.29) is 5.02 Å². The molecule has 0 heterocycles. The van der Waals surface area contributed by atoms with Crippen LogP contribution in [0.4, 0.5) is 17.6 Å². The first kappa shape index (κ1) is 12.5. The second-order valence-corrected chi connectivity index (χ2v) is 3.60. The minimum atomic E-state index is -4.65. The van der Waals surface area contributed by atoms with Crippen LogP contribution in [0.25, 0.3) is 0 Å². The Kier molecular flexibility index (Phi) is 3.48. The molecule has 1 aromatic carbocycles. The van der Waals surface area contributed by atoms with E-state index < -0.39 is 28.6 Å². The Bertz CT molecular complexity index is 354. The molecule has 1 rings (SSSR count). The molecule has 0 saturated carbocycles. The van der Waals surface area contributed by atoms with E-state index in [1.165, 1.54) is 0 Å². The number of alkyl halides is 3. The standard InChI is InChI=1S/C8H5Cl2F4N/c9-4-1-3(2-5(11)6(4)10)7(15)8(12,13)14/h1-2,7H,15H2/t7-/m1/s1. The number of halogens is 6. The number of benzene rings is 1. The Morgan fingerprint density at radius 3 is 2.13 bits per heavy atom. The molecule has 7 heteroatoms. The van der Waals surface area contributed by atoms with E-state index in [1.54, 1.807) is 0 Å². The summed E-state index contributed by atoms with van der Waals surface area (Å²) in [4.78, 5) is 0. The molecule has 0 bridgehead atoms. The first-order valence-corrected chi connectivity index (χ1v) is 4.46. The van der Waals surface area contributed by atoms with Crippen molar-refractivity contribution in [2.45, 2.75) is 12.2 Å². The molecule has 1 nitrogen and oxygen atoms in total. The molecule has 84 valence electrons. The highest BCUT2D eigenvalue weighted by Crippen LogP contribution is 2.34. The van der Waals surface area contributed by atoms with E-state index in [0.29, 0.717) is 6.07 Å². The van der Waals surface area contributed by atoms with E-state index in [2.05, 4.69) is 0 Å². The van der Waals surface area contributed by atoms with Crippen LogP contribution in [0.1, 0.15) is 11.6 Å². The smallest absolute Gasteiger partial charge is 0.316 e. The predicted molar refractivity (Wildman–Crippen MR) is 49.4 cm³/mol. The van der Waals surface area contributed by atoms with Gasteiger partial charge in [-0.2, -0.15) is 13.2 Å². The molecular weight excluding hydrogens is 257 g/mol. The summed E-state index contributed by atoms with van der Waals surface area (Å²) in [6.07, 6.45) is -4.65. The summed E-state index contributed by atoms with van der Waals surface area (Å²) >= 11 is 10.8. The molecule has 0 fully saturated rings. The summed E-state index contributed by atoms with van der Waals surface area (Å²) < 4.78 is 49.5. The Hall–Kier alpha value is -0.520. The molecule has 15 heavy (non-hydrogen) atoms. The fourth-order valence-corrected chi connectivity index (χ4v) is 1.27. The lowest BCUT2D eigenvalue weighted by molar-refractivity contribution is -0.149. The van der Waals surface area contributed by atoms with Gasteiger partial charge in [0.1, 0.15) is 11.9 Å². The van der Waals surface area contributed by atoms with Crippen LogP contribution in [0.15, 0.2) is 12.1 Å². The summed E-state index contributed by atoms with van der Waals surface area (Å²) in [5.74, 6) is -1.03. The second-order valence-electron chi connectivity index (χ2n) is 2.82. The first-order valence-electron chi connectivity index (χ1n) is 3.70. The third kappa shape index (κ3) is 2.74. The molecule has 0 aromatic heterocycles. The Balaban J connectivity index is 3.17. The van der Waals surface area contributed by atoms with Gasteiger partial charge in [0.25, 0.3) is 0 Å². The summed E-state index contributed by atoms with van der Waals surface area (Å²) in [5.41, 5.74) is 4.40. The zero-order valence-electron chi connectivity index (χ0n) is 7.08. The Morgan fingerprint density at radius 1 is 1.20 bits per heavy atom. The SMILES string of the molecule is N[C@H](c1cc(F)c(Cl)c(Cl)c1)C(F)(F)F. The van der Waals surface area contributed by atoms with Gasteiger partial charge >= 0.3 is 6.18 Å². The number of nitrogens with two attached hydrogens (primary N) is 1. The maximum Gasteiger partial charge on any atom is 0.407 e. The van der Waals surface area contributed by atoms with E-state index in [0.717, 1.165) is 6.07 Å². The molecular formula is C8H5Cl2F4N. The maximum atomic E-state index is 12.9. The topological polar surface area (TPSA) is 26.0 Å². The molecule has 1 atom stereocenters. The van der Waals surface area contributed by atoms with Crippen LogP contribution >= 0.6 is 23.2 Å². The van der Waals surface area contributed by atoms with Crippen LogP contribution in [0.5, 0.6) is 0 Å². The lowest BCUT2D eigenvalue weighted by Crippen LogP contribution is -2.28. The van der Waals surface area contributed by atoms with E-state index in [1.807, 2.05) is 0 Å². The minimum Gasteiger partial charge on any atom is -0.316 e. The number of hydrogen-bond donors (Lipinski definition) is 1. The van der Waals surface area contributed by atoms with Gasteiger partial charge < -0.3 is 5.73 Å². The monoisotopic (exact) mass is 261 g/mol. The summed E-state index contributed by atoms with van der Waals surface area (Å²) in [6, 6.07) is -0.765. The molecule has 0 unspecified atom stereocenters. The largest absolute Gasteiger partial charge is 0.407 e. The molecule has 2 N–H and O–H groups in total. The van der Waals surface area contributed by atoms with Crippen molar-refractivity contribution in [2.75, 3.05) is 0 Å². The van der Waals surface area contributed by atoms with Crippen LogP contribution in [-0.2, 0) is 0 Å². The average molecular weight is 262 g/mol. The van der Waals surface area contributed by atoms with E-state index >= 15 is 0 Å². The molecule has 0 aliphatic heterocycles. The highest BCUT2D eigenvalue weighted by Gasteiger charge is 2.38. The molecule has 0 spiro atoms. The lowest BCUT2D eigenvalue weighted by atomic mass is 10.1. The molecule has 0 aliphatic rings. The van der Waals surface area contributed by atoms with Gasteiger partial charge in [-0.15, -0.1) is 0 Å². The van der Waals surface area contributed by atoms with Crippen molar-refractivity contribution >= 4 is 23.2 Å². The van der Waals surface area contributed by atoms with Gasteiger partial charge in [-0.05, 0) is 17.7 Å². The highest BCUT2D eigenvalue weighted by atomic mass is 35.5. The van der Waals surface area contributed by atoms with Gasteiger partial charge in [0, 0.05) is 0 Å². The van der Waals surface area contributed by atoms with Crippen LogP contribution in [0.2, 0.25) is 10.0 Å². The molecule has 0 amide bonds. The van der Waals surface area contributed by atoms with Crippen LogP contribution < -0.4 is 5.73 Å². The van der Waals surface area contributed by atoms with Crippen molar-refractivity contribution in [3.05, 3.63) is 33.6 Å². The number of rotatable bonds is 1. The third-order valence-electron chi connectivity index (χ3n) is 1.72. The van der Waals surface area contributed by atoms with E-state index in [4.69, 9.17) is 28.9 Å². The summed E-state index contributed by atoms with van der Waals surface area (Å²) in [6.45, 7) is 0. The minimum absolute atomic E-state index is 0.300. The van der Waals surface area contributed by atoms with E-state index in [9.17, 15) is 17.6 Å². The van der Waals surface area contributed by atoms with Crippen LogP contribution in [-0.4, -0.2) is 6.18 Å². The fourth-order valence-electron chi connectivity index (χ4n) is 0.944. The van der Waals surface area contributed by atoms with Gasteiger partial charge in [0.05, 0.1) is 10.0 Å². The zero-order valence-corrected chi connectivity index (χ0v) is 8.59. The van der Waals surface area contributed by atoms with Gasteiger partial charge in [-0.25, -0.2) is 4.39 Å². The number of hydrogen-bond acceptors (Lipinski definition) is 1. The second kappa shape index (κ2) is 4.15. The van der Waals surface area contributed by atoms with Crippen LogP contribution in [0.3, 0.4) is 0 Å². The summed E-state index contributed by atoms with van der Waals surface area (Å²) in [5, 5.41) is -0.721. The average Bonchev–Trinajstić information content (AvgIpc) is 2.10. The third-order valence-corrected chi connectivity index (χ3v) is 2.50. The van der Waals surface area contributed by atoms with Gasteiger partial charge in [0.15, 0.2) is 0 Å². The lowest BCUT2D eigenvalue weighted by Gasteiger charge is -2.16. The summed E-state index contributed by atoms with van der Waals surface area (Å²) in [7, 11) is 0. The zero-order chi connectivity index (χ0) is 11.8. The first-order chi connectivity index (χ1) is 6.73. The van der Waals surface area contributed by atoms with Gasteiger partial charge in [-0.3, -0.25) is 0 Å². The van der Waals surface area contributed by atoms with Crippen molar-refractivity contribution < 1.29 is 17.6 Å².